The average Bonchev–Trinajstić information content (AvgIpc) is 2.94. The molecule has 0 radical (unpaired) electrons. The molecular weight excluding hydrogens is 288 g/mol. The minimum Gasteiger partial charge on any atom is -0.471 e. The van der Waals surface area contributed by atoms with E-state index in [-0.39, 0.29) is 12.0 Å². The van der Waals surface area contributed by atoms with Crippen molar-refractivity contribution in [2.45, 2.75) is 25.9 Å². The van der Waals surface area contributed by atoms with Crippen LogP contribution in [-0.4, -0.2) is 45.2 Å². The molecule has 1 aliphatic heterocycles. The number of carbonyl (C=O) groups is 1. The lowest BCUT2D eigenvalue weighted by molar-refractivity contribution is 0.0521. The molecule has 1 aliphatic rings. The van der Waals surface area contributed by atoms with E-state index in [9.17, 15) is 4.79 Å². The highest BCUT2D eigenvalue weighted by Crippen LogP contribution is 2.18. The molecule has 1 atom stereocenters. The van der Waals surface area contributed by atoms with Crippen molar-refractivity contribution in [3.05, 3.63) is 34.4 Å². The van der Waals surface area contributed by atoms with Crippen LogP contribution in [0.1, 0.15) is 28.3 Å². The fourth-order valence-corrected chi connectivity index (χ4v) is 2.95. The molecule has 3 rings (SSSR count). The van der Waals surface area contributed by atoms with E-state index in [1.807, 2.05) is 12.3 Å². The topological polar surface area (TPSA) is 68.2 Å². The van der Waals surface area contributed by atoms with Gasteiger partial charge >= 0.3 is 0 Å². The van der Waals surface area contributed by atoms with Gasteiger partial charge in [0.05, 0.1) is 11.6 Å². The molecule has 1 fully saturated rings. The Morgan fingerprint density at radius 2 is 2.43 bits per heavy atom. The van der Waals surface area contributed by atoms with E-state index in [1.54, 1.807) is 23.2 Å². The molecule has 1 saturated heterocycles. The summed E-state index contributed by atoms with van der Waals surface area (Å²) in [6.07, 6.45) is 3.39. The molecule has 7 heteroatoms. The first-order valence-electron chi connectivity index (χ1n) is 6.88. The van der Waals surface area contributed by atoms with E-state index in [1.165, 1.54) is 11.3 Å². The normalized spacial score (nSPS) is 18.5. The number of piperidine rings is 1. The molecule has 110 valence electrons. The van der Waals surface area contributed by atoms with Gasteiger partial charge in [-0.1, -0.05) is 0 Å². The Hall–Kier alpha value is -2.02. The second kappa shape index (κ2) is 6.17. The summed E-state index contributed by atoms with van der Waals surface area (Å²) in [6.45, 7) is 3.21. The van der Waals surface area contributed by atoms with E-state index in [0.717, 1.165) is 24.4 Å². The molecule has 1 unspecified atom stereocenters. The van der Waals surface area contributed by atoms with E-state index < -0.39 is 0 Å². The first kappa shape index (κ1) is 13.9. The second-order valence-corrected chi connectivity index (χ2v) is 6.01. The van der Waals surface area contributed by atoms with Crippen LogP contribution in [0, 0.1) is 6.92 Å². The number of rotatable bonds is 3. The van der Waals surface area contributed by atoms with Gasteiger partial charge in [0.2, 0.25) is 5.88 Å². The monoisotopic (exact) mass is 304 g/mol. The van der Waals surface area contributed by atoms with Crippen LogP contribution >= 0.6 is 11.3 Å². The Kier molecular flexibility index (Phi) is 4.10. The molecule has 21 heavy (non-hydrogen) atoms. The number of likely N-dealkylation sites (tertiary alicyclic amines) is 1. The molecular formula is C14H16N4O2S. The zero-order chi connectivity index (χ0) is 14.7. The van der Waals surface area contributed by atoms with E-state index in [0.29, 0.717) is 18.1 Å². The number of aryl methyl sites for hydroxylation is 1. The summed E-state index contributed by atoms with van der Waals surface area (Å²) in [5.41, 5.74) is 0.526. The van der Waals surface area contributed by atoms with Crippen molar-refractivity contribution in [2.75, 3.05) is 13.1 Å². The van der Waals surface area contributed by atoms with E-state index in [2.05, 4.69) is 15.2 Å². The molecule has 0 aliphatic carbocycles. The van der Waals surface area contributed by atoms with Gasteiger partial charge in [-0.05, 0) is 25.8 Å². The van der Waals surface area contributed by atoms with Crippen molar-refractivity contribution in [3.63, 3.8) is 0 Å². The highest BCUT2D eigenvalue weighted by Gasteiger charge is 2.27. The van der Waals surface area contributed by atoms with Crippen molar-refractivity contribution >= 4 is 17.2 Å². The SMILES string of the molecule is Cc1nc(C(=O)N2CCCC(Oc3cccnn3)C2)cs1. The van der Waals surface area contributed by atoms with E-state index in [4.69, 9.17) is 4.74 Å². The third kappa shape index (κ3) is 3.36. The summed E-state index contributed by atoms with van der Waals surface area (Å²) in [6, 6.07) is 3.56. The molecule has 2 aromatic heterocycles. The smallest absolute Gasteiger partial charge is 0.273 e. The molecule has 1 amide bonds. The van der Waals surface area contributed by atoms with E-state index >= 15 is 0 Å². The number of ether oxygens (including phenoxy) is 1. The Morgan fingerprint density at radius 1 is 1.52 bits per heavy atom. The summed E-state index contributed by atoms with van der Waals surface area (Å²) >= 11 is 1.49. The fourth-order valence-electron chi connectivity index (χ4n) is 2.36. The van der Waals surface area contributed by atoms with Crippen molar-refractivity contribution in [1.29, 1.82) is 0 Å². The molecule has 0 spiro atoms. The maximum absolute atomic E-state index is 12.4. The Balaban J connectivity index is 1.64. The van der Waals surface area contributed by atoms with Crippen LogP contribution in [0.25, 0.3) is 0 Å². The second-order valence-electron chi connectivity index (χ2n) is 4.95. The standard InChI is InChI=1S/C14H16N4O2S/c1-10-16-12(9-21-10)14(19)18-7-3-4-11(8-18)20-13-5-2-6-15-17-13/h2,5-6,9,11H,3-4,7-8H2,1H3. The summed E-state index contributed by atoms with van der Waals surface area (Å²) in [5, 5.41) is 10.4. The van der Waals surface area contributed by atoms with Crippen molar-refractivity contribution in [1.82, 2.24) is 20.1 Å². The first-order valence-corrected chi connectivity index (χ1v) is 7.76. The lowest BCUT2D eigenvalue weighted by atomic mass is 10.1. The minimum atomic E-state index is -0.0425. The van der Waals surface area contributed by atoms with Crippen molar-refractivity contribution in [3.8, 4) is 5.88 Å². The summed E-state index contributed by atoms with van der Waals surface area (Å²) in [7, 11) is 0. The number of thiazole rings is 1. The van der Waals surface area contributed by atoms with Gasteiger partial charge in [0.15, 0.2) is 0 Å². The van der Waals surface area contributed by atoms with Crippen LogP contribution in [0.15, 0.2) is 23.7 Å². The van der Waals surface area contributed by atoms with Crippen LogP contribution in [0.2, 0.25) is 0 Å². The molecule has 0 saturated carbocycles. The Bertz CT molecular complexity index is 616. The van der Waals surface area contributed by atoms with Crippen LogP contribution in [0.5, 0.6) is 5.88 Å². The lowest BCUT2D eigenvalue weighted by Crippen LogP contribution is -2.44. The number of nitrogens with zero attached hydrogens (tertiary/aromatic N) is 4. The molecule has 0 aromatic carbocycles. The van der Waals surface area contributed by atoms with Crippen LogP contribution in [0.3, 0.4) is 0 Å². The van der Waals surface area contributed by atoms with Gasteiger partial charge in [-0.25, -0.2) is 4.98 Å². The third-order valence-electron chi connectivity index (χ3n) is 3.34. The maximum atomic E-state index is 12.4. The molecule has 3 heterocycles. The minimum absolute atomic E-state index is 0.0215. The predicted octanol–water partition coefficient (Wildman–Crippen LogP) is 1.93. The van der Waals surface area contributed by atoms with Crippen molar-refractivity contribution in [2.24, 2.45) is 0 Å². The lowest BCUT2D eigenvalue weighted by Gasteiger charge is -2.32. The van der Waals surface area contributed by atoms with Gasteiger partial charge in [0.1, 0.15) is 11.8 Å². The first-order chi connectivity index (χ1) is 10.2. The fraction of sp³-hybridized carbons (Fsp3) is 0.429. The zero-order valence-corrected chi connectivity index (χ0v) is 12.5. The highest BCUT2D eigenvalue weighted by atomic mass is 32.1. The van der Waals surface area contributed by atoms with Gasteiger partial charge in [0, 0.05) is 24.2 Å². The Morgan fingerprint density at radius 3 is 3.14 bits per heavy atom. The number of carbonyl (C=O) groups excluding carboxylic acids is 1. The Labute approximate surface area is 126 Å². The number of amides is 1. The summed E-state index contributed by atoms with van der Waals surface area (Å²) in [5.74, 6) is 0.480. The van der Waals surface area contributed by atoms with Crippen LogP contribution in [0.4, 0.5) is 0 Å². The molecule has 0 N–H and O–H groups in total. The number of hydrogen-bond donors (Lipinski definition) is 0. The van der Waals surface area contributed by atoms with Gasteiger partial charge < -0.3 is 9.64 Å². The highest BCUT2D eigenvalue weighted by molar-refractivity contribution is 7.09. The van der Waals surface area contributed by atoms with Gasteiger partial charge in [-0.2, -0.15) is 5.10 Å². The number of aromatic nitrogens is 3. The third-order valence-corrected chi connectivity index (χ3v) is 4.11. The predicted molar refractivity (Wildman–Crippen MR) is 78.4 cm³/mol. The zero-order valence-electron chi connectivity index (χ0n) is 11.7. The summed E-state index contributed by atoms with van der Waals surface area (Å²) in [4.78, 5) is 18.5. The van der Waals surface area contributed by atoms with Gasteiger partial charge in [-0.15, -0.1) is 16.4 Å². The molecule has 0 bridgehead atoms. The van der Waals surface area contributed by atoms with Gasteiger partial charge in [0.25, 0.3) is 5.91 Å². The quantitative estimate of drug-likeness (QED) is 0.866. The number of hydrogen-bond acceptors (Lipinski definition) is 6. The van der Waals surface area contributed by atoms with Crippen LogP contribution in [-0.2, 0) is 0 Å². The summed E-state index contributed by atoms with van der Waals surface area (Å²) < 4.78 is 5.79. The van der Waals surface area contributed by atoms with Crippen LogP contribution < -0.4 is 4.74 Å². The average molecular weight is 304 g/mol. The van der Waals surface area contributed by atoms with Gasteiger partial charge in [-0.3, -0.25) is 4.79 Å². The van der Waals surface area contributed by atoms with Crippen molar-refractivity contribution < 1.29 is 9.53 Å². The maximum Gasteiger partial charge on any atom is 0.273 e. The molecule has 2 aromatic rings. The molecule has 6 nitrogen and oxygen atoms in total. The largest absolute Gasteiger partial charge is 0.471 e.